The highest BCUT2D eigenvalue weighted by atomic mass is 35.5. The van der Waals surface area contributed by atoms with Crippen molar-refractivity contribution in [2.75, 3.05) is 13.1 Å². The number of carbonyl (C=O) groups excluding carboxylic acids is 1. The summed E-state index contributed by atoms with van der Waals surface area (Å²) < 4.78 is 0. The molecule has 0 saturated heterocycles. The molecule has 6 heteroatoms. The van der Waals surface area contributed by atoms with Crippen molar-refractivity contribution in [1.29, 1.82) is 0 Å². The van der Waals surface area contributed by atoms with Crippen LogP contribution in [0.5, 0.6) is 0 Å². The van der Waals surface area contributed by atoms with E-state index in [0.717, 1.165) is 5.56 Å². The molecule has 0 aliphatic rings. The summed E-state index contributed by atoms with van der Waals surface area (Å²) in [6.45, 7) is 0.778. The highest BCUT2D eigenvalue weighted by Gasteiger charge is 2.09. The third-order valence-electron chi connectivity index (χ3n) is 2.03. The number of nitrogens with two attached hydrogens (primary N) is 1. The van der Waals surface area contributed by atoms with E-state index in [0.29, 0.717) is 19.4 Å². The zero-order chi connectivity index (χ0) is 11.1. The molecule has 92 valence electrons. The summed E-state index contributed by atoms with van der Waals surface area (Å²) in [6.07, 6.45) is 0.492. The molecule has 1 atom stereocenters. The van der Waals surface area contributed by atoms with Gasteiger partial charge in [-0.2, -0.15) is 11.3 Å². The van der Waals surface area contributed by atoms with Gasteiger partial charge in [0.25, 0.3) is 0 Å². The number of carbonyl (C=O) groups is 1. The van der Waals surface area contributed by atoms with Crippen LogP contribution in [0.4, 0.5) is 0 Å². The van der Waals surface area contributed by atoms with Gasteiger partial charge in [-0.25, -0.2) is 0 Å². The van der Waals surface area contributed by atoms with Crippen molar-refractivity contribution < 1.29 is 9.90 Å². The van der Waals surface area contributed by atoms with Gasteiger partial charge in [0.1, 0.15) is 0 Å². The van der Waals surface area contributed by atoms with E-state index in [9.17, 15) is 9.90 Å². The van der Waals surface area contributed by atoms with Crippen LogP contribution in [0.15, 0.2) is 16.8 Å². The molecule has 16 heavy (non-hydrogen) atoms. The molecule has 0 spiro atoms. The molecule has 0 radical (unpaired) electrons. The Hall–Kier alpha value is -0.620. The largest absolute Gasteiger partial charge is 0.387 e. The summed E-state index contributed by atoms with van der Waals surface area (Å²) in [6, 6.07) is 1.85. The monoisotopic (exact) mass is 264 g/mol. The number of rotatable bonds is 6. The number of hydrogen-bond acceptors (Lipinski definition) is 4. The van der Waals surface area contributed by atoms with Gasteiger partial charge in [-0.15, -0.1) is 12.4 Å². The molecular formula is C10H17ClN2O2S. The molecule has 1 aromatic heterocycles. The molecule has 1 amide bonds. The van der Waals surface area contributed by atoms with Gasteiger partial charge in [-0.3, -0.25) is 4.79 Å². The second kappa shape index (κ2) is 8.52. The topological polar surface area (TPSA) is 75.4 Å². The first-order valence-electron chi connectivity index (χ1n) is 4.91. The molecule has 0 aliphatic heterocycles. The average Bonchev–Trinajstić information content (AvgIpc) is 2.76. The minimum Gasteiger partial charge on any atom is -0.387 e. The Bertz CT molecular complexity index is 293. The summed E-state index contributed by atoms with van der Waals surface area (Å²) in [5.74, 6) is -0.0604. The van der Waals surface area contributed by atoms with Gasteiger partial charge in [0.2, 0.25) is 5.91 Å². The van der Waals surface area contributed by atoms with Crippen LogP contribution in [0.3, 0.4) is 0 Å². The van der Waals surface area contributed by atoms with Crippen LogP contribution in [0.1, 0.15) is 24.5 Å². The van der Waals surface area contributed by atoms with Gasteiger partial charge in [0, 0.05) is 13.0 Å². The van der Waals surface area contributed by atoms with Crippen LogP contribution in [0.2, 0.25) is 0 Å². The molecule has 0 aromatic carbocycles. The predicted octanol–water partition coefficient (Wildman–Crippen LogP) is 1.06. The Kier molecular flexibility index (Phi) is 8.19. The molecule has 4 nitrogen and oxygen atoms in total. The van der Waals surface area contributed by atoms with Gasteiger partial charge in [0.05, 0.1) is 6.10 Å². The minimum absolute atomic E-state index is 0. The van der Waals surface area contributed by atoms with Crippen LogP contribution in [0.25, 0.3) is 0 Å². The Labute approximate surface area is 105 Å². The number of nitrogens with one attached hydrogen (secondary N) is 1. The molecule has 4 N–H and O–H groups in total. The van der Waals surface area contributed by atoms with E-state index < -0.39 is 6.10 Å². The number of hydrogen-bond donors (Lipinski definition) is 3. The second-order valence-electron chi connectivity index (χ2n) is 3.27. The van der Waals surface area contributed by atoms with Crippen molar-refractivity contribution in [1.82, 2.24) is 5.32 Å². The molecule has 0 aliphatic carbocycles. The third kappa shape index (κ3) is 5.46. The van der Waals surface area contributed by atoms with Crippen molar-refractivity contribution in [3.63, 3.8) is 0 Å². The van der Waals surface area contributed by atoms with Crippen molar-refractivity contribution >= 4 is 29.7 Å². The second-order valence-corrected chi connectivity index (χ2v) is 4.05. The van der Waals surface area contributed by atoms with Crippen LogP contribution >= 0.6 is 23.7 Å². The predicted molar refractivity (Wildman–Crippen MR) is 67.8 cm³/mol. The highest BCUT2D eigenvalue weighted by Crippen LogP contribution is 2.14. The molecule has 0 fully saturated rings. The fourth-order valence-electron chi connectivity index (χ4n) is 1.14. The van der Waals surface area contributed by atoms with Crippen molar-refractivity contribution in [2.24, 2.45) is 5.73 Å². The Balaban J connectivity index is 0.00000225. The Morgan fingerprint density at radius 1 is 1.62 bits per heavy atom. The summed E-state index contributed by atoms with van der Waals surface area (Å²) in [4.78, 5) is 11.2. The summed E-state index contributed by atoms with van der Waals surface area (Å²) in [5.41, 5.74) is 6.13. The highest BCUT2D eigenvalue weighted by molar-refractivity contribution is 7.07. The zero-order valence-corrected chi connectivity index (χ0v) is 10.5. The van der Waals surface area contributed by atoms with Crippen molar-refractivity contribution in [2.45, 2.75) is 18.9 Å². The molecule has 0 bridgehead atoms. The summed E-state index contributed by atoms with van der Waals surface area (Å²) >= 11 is 1.53. The fraction of sp³-hybridized carbons (Fsp3) is 0.500. The first-order valence-corrected chi connectivity index (χ1v) is 5.85. The van der Waals surface area contributed by atoms with E-state index in [1.54, 1.807) is 0 Å². The van der Waals surface area contributed by atoms with Crippen molar-refractivity contribution in [3.8, 4) is 0 Å². The molecular weight excluding hydrogens is 248 g/mol. The van der Waals surface area contributed by atoms with Crippen molar-refractivity contribution in [3.05, 3.63) is 22.4 Å². The minimum atomic E-state index is -0.613. The maximum atomic E-state index is 11.2. The van der Waals surface area contributed by atoms with E-state index in [4.69, 9.17) is 5.73 Å². The lowest BCUT2D eigenvalue weighted by Gasteiger charge is -2.10. The Morgan fingerprint density at radius 3 is 2.94 bits per heavy atom. The smallest absolute Gasteiger partial charge is 0.220 e. The van der Waals surface area contributed by atoms with E-state index in [1.807, 2.05) is 16.8 Å². The molecule has 1 aromatic rings. The lowest BCUT2D eigenvalue weighted by Crippen LogP contribution is -2.28. The first-order chi connectivity index (χ1) is 7.24. The van der Waals surface area contributed by atoms with Crippen LogP contribution < -0.4 is 11.1 Å². The molecule has 1 rings (SSSR count). The third-order valence-corrected chi connectivity index (χ3v) is 2.73. The van der Waals surface area contributed by atoms with E-state index in [-0.39, 0.29) is 24.9 Å². The maximum absolute atomic E-state index is 11.2. The van der Waals surface area contributed by atoms with Crippen LogP contribution in [0, 0.1) is 0 Å². The Morgan fingerprint density at radius 2 is 2.38 bits per heavy atom. The van der Waals surface area contributed by atoms with Gasteiger partial charge in [-0.1, -0.05) is 0 Å². The van der Waals surface area contributed by atoms with Gasteiger partial charge < -0.3 is 16.2 Å². The van der Waals surface area contributed by atoms with E-state index >= 15 is 0 Å². The van der Waals surface area contributed by atoms with Gasteiger partial charge in [0.15, 0.2) is 0 Å². The van der Waals surface area contributed by atoms with E-state index in [1.165, 1.54) is 11.3 Å². The SMILES string of the molecule is Cl.NCCCC(=O)NCC(O)c1ccsc1. The standard InChI is InChI=1S/C10H16N2O2S.ClH/c11-4-1-2-10(14)12-6-9(13)8-3-5-15-7-8;/h3,5,7,9,13H,1-2,4,6,11H2,(H,12,14);1H. The van der Waals surface area contributed by atoms with Gasteiger partial charge >= 0.3 is 0 Å². The van der Waals surface area contributed by atoms with Crippen LogP contribution in [-0.2, 0) is 4.79 Å². The quantitative estimate of drug-likeness (QED) is 0.719. The fourth-order valence-corrected chi connectivity index (χ4v) is 1.85. The zero-order valence-electron chi connectivity index (χ0n) is 8.89. The molecule has 1 heterocycles. The number of aliphatic hydroxyl groups is 1. The first kappa shape index (κ1) is 15.4. The lowest BCUT2D eigenvalue weighted by molar-refractivity contribution is -0.121. The number of amides is 1. The number of aliphatic hydroxyl groups excluding tert-OH is 1. The summed E-state index contributed by atoms with van der Waals surface area (Å²) in [5, 5.41) is 16.1. The van der Waals surface area contributed by atoms with E-state index in [2.05, 4.69) is 5.32 Å². The normalized spacial score (nSPS) is 11.6. The lowest BCUT2D eigenvalue weighted by atomic mass is 10.2. The average molecular weight is 265 g/mol. The molecule has 0 saturated carbocycles. The molecule has 1 unspecified atom stereocenters. The maximum Gasteiger partial charge on any atom is 0.220 e. The van der Waals surface area contributed by atoms with Gasteiger partial charge in [-0.05, 0) is 35.4 Å². The number of halogens is 1. The summed E-state index contributed by atoms with van der Waals surface area (Å²) in [7, 11) is 0. The number of thiophene rings is 1. The van der Waals surface area contributed by atoms with Crippen LogP contribution in [-0.4, -0.2) is 24.1 Å².